The minimum Gasteiger partial charge on any atom is -0.397 e. The van der Waals surface area contributed by atoms with E-state index in [1.165, 1.54) is 12.1 Å². The molecule has 1 heterocycles. The lowest BCUT2D eigenvalue weighted by atomic mass is 10.3. The van der Waals surface area contributed by atoms with E-state index in [4.69, 9.17) is 5.73 Å². The normalized spacial score (nSPS) is 10.3. The predicted molar refractivity (Wildman–Crippen MR) is 70.8 cm³/mol. The van der Waals surface area contributed by atoms with Crippen molar-refractivity contribution in [2.45, 2.75) is 6.92 Å². The van der Waals surface area contributed by atoms with E-state index in [9.17, 15) is 4.39 Å². The zero-order valence-corrected chi connectivity index (χ0v) is 10.8. The Balaban J connectivity index is 2.31. The highest BCUT2D eigenvalue weighted by molar-refractivity contribution is 9.10. The molecule has 2 aromatic rings. The zero-order valence-electron chi connectivity index (χ0n) is 9.17. The van der Waals surface area contributed by atoms with E-state index in [0.717, 1.165) is 10.2 Å². The van der Waals surface area contributed by atoms with E-state index < -0.39 is 0 Å². The van der Waals surface area contributed by atoms with Crippen molar-refractivity contribution in [3.05, 3.63) is 46.3 Å². The van der Waals surface area contributed by atoms with E-state index in [-0.39, 0.29) is 5.82 Å². The number of hydrogen-bond acceptors (Lipinski definition) is 3. The van der Waals surface area contributed by atoms with Crippen LogP contribution in [0.5, 0.6) is 0 Å². The van der Waals surface area contributed by atoms with E-state index >= 15 is 0 Å². The summed E-state index contributed by atoms with van der Waals surface area (Å²) in [7, 11) is 0. The van der Waals surface area contributed by atoms with Crippen LogP contribution >= 0.6 is 15.9 Å². The number of nitrogens with two attached hydrogens (primary N) is 1. The molecule has 0 fully saturated rings. The van der Waals surface area contributed by atoms with Crippen molar-refractivity contribution in [3.8, 4) is 0 Å². The number of nitrogens with one attached hydrogen (secondary N) is 1. The Morgan fingerprint density at radius 2 is 2.06 bits per heavy atom. The number of rotatable bonds is 2. The van der Waals surface area contributed by atoms with Crippen LogP contribution in [0.4, 0.5) is 21.6 Å². The first kappa shape index (κ1) is 11.9. The molecule has 2 rings (SSSR count). The van der Waals surface area contributed by atoms with Crippen molar-refractivity contribution < 1.29 is 4.39 Å². The summed E-state index contributed by atoms with van der Waals surface area (Å²) in [5.74, 6) is 0.325. The van der Waals surface area contributed by atoms with Gasteiger partial charge < -0.3 is 11.1 Å². The molecule has 88 valence electrons. The SMILES string of the molecule is Cc1nc(Nc2cc(F)ccc2Br)ccc1N. The molecule has 17 heavy (non-hydrogen) atoms. The fourth-order valence-corrected chi connectivity index (χ4v) is 1.72. The van der Waals surface area contributed by atoms with Gasteiger partial charge in [0.05, 0.1) is 17.1 Å². The smallest absolute Gasteiger partial charge is 0.130 e. The first-order valence-electron chi connectivity index (χ1n) is 5.01. The standard InChI is InChI=1S/C12H11BrFN3/c1-7-10(15)4-5-12(16-7)17-11-6-8(14)2-3-9(11)13/h2-6H,15H2,1H3,(H,16,17). The van der Waals surface area contributed by atoms with Crippen LogP contribution in [0.15, 0.2) is 34.8 Å². The molecule has 3 N–H and O–H groups in total. The largest absolute Gasteiger partial charge is 0.397 e. The summed E-state index contributed by atoms with van der Waals surface area (Å²) in [6, 6.07) is 7.94. The summed E-state index contributed by atoms with van der Waals surface area (Å²) < 4.78 is 13.9. The molecule has 1 aromatic heterocycles. The van der Waals surface area contributed by atoms with Crippen LogP contribution in [0.2, 0.25) is 0 Å². The molecule has 0 radical (unpaired) electrons. The second-order valence-corrected chi connectivity index (χ2v) is 4.47. The van der Waals surface area contributed by atoms with Crippen molar-refractivity contribution in [1.82, 2.24) is 4.98 Å². The molecule has 5 heteroatoms. The molecule has 0 saturated heterocycles. The molecule has 0 atom stereocenters. The molecule has 0 unspecified atom stereocenters. The molecule has 1 aromatic carbocycles. The van der Waals surface area contributed by atoms with Crippen molar-refractivity contribution in [3.63, 3.8) is 0 Å². The van der Waals surface area contributed by atoms with Crippen LogP contribution in [0.1, 0.15) is 5.69 Å². The summed E-state index contributed by atoms with van der Waals surface area (Å²) >= 11 is 3.34. The van der Waals surface area contributed by atoms with E-state index in [1.54, 1.807) is 18.2 Å². The summed E-state index contributed by atoms with van der Waals surface area (Å²) in [5.41, 5.74) is 7.67. The lowest BCUT2D eigenvalue weighted by molar-refractivity contribution is 0.628. The van der Waals surface area contributed by atoms with E-state index in [0.29, 0.717) is 17.2 Å². The number of benzene rings is 1. The van der Waals surface area contributed by atoms with Crippen LogP contribution in [0.25, 0.3) is 0 Å². The van der Waals surface area contributed by atoms with Crippen molar-refractivity contribution in [2.75, 3.05) is 11.1 Å². The van der Waals surface area contributed by atoms with Crippen LogP contribution < -0.4 is 11.1 Å². The topological polar surface area (TPSA) is 50.9 Å². The van der Waals surface area contributed by atoms with Crippen LogP contribution in [-0.2, 0) is 0 Å². The second-order valence-electron chi connectivity index (χ2n) is 3.62. The summed E-state index contributed by atoms with van der Waals surface area (Å²) in [4.78, 5) is 4.26. The Morgan fingerprint density at radius 3 is 2.76 bits per heavy atom. The minimum atomic E-state index is -0.303. The third-order valence-corrected chi connectivity index (χ3v) is 3.01. The lowest BCUT2D eigenvalue weighted by Gasteiger charge is -2.09. The third-order valence-electron chi connectivity index (χ3n) is 2.32. The molecule has 0 aliphatic rings. The maximum Gasteiger partial charge on any atom is 0.130 e. The molecular formula is C12H11BrFN3. The number of aryl methyl sites for hydroxylation is 1. The average Bonchev–Trinajstić information content (AvgIpc) is 2.29. The van der Waals surface area contributed by atoms with Gasteiger partial charge in [0.2, 0.25) is 0 Å². The van der Waals surface area contributed by atoms with Gasteiger partial charge in [-0.15, -0.1) is 0 Å². The van der Waals surface area contributed by atoms with Gasteiger partial charge in [-0.2, -0.15) is 0 Å². The maximum atomic E-state index is 13.1. The third kappa shape index (κ3) is 2.74. The highest BCUT2D eigenvalue weighted by Crippen LogP contribution is 2.26. The number of nitrogens with zero attached hydrogens (tertiary/aromatic N) is 1. The molecule has 0 amide bonds. The fourth-order valence-electron chi connectivity index (χ4n) is 1.37. The maximum absolute atomic E-state index is 13.1. The monoisotopic (exact) mass is 295 g/mol. The molecule has 0 saturated carbocycles. The number of nitrogen functional groups attached to an aromatic ring is 1. The molecule has 0 spiro atoms. The van der Waals surface area contributed by atoms with Crippen LogP contribution in [0, 0.1) is 12.7 Å². The van der Waals surface area contributed by atoms with Gasteiger partial charge in [0.1, 0.15) is 11.6 Å². The molecule has 3 nitrogen and oxygen atoms in total. The number of hydrogen-bond donors (Lipinski definition) is 2. The Bertz CT molecular complexity index is 557. The predicted octanol–water partition coefficient (Wildman–Crippen LogP) is 3.62. The Labute approximate surface area is 107 Å². The van der Waals surface area contributed by atoms with E-state index in [2.05, 4.69) is 26.2 Å². The molecule has 0 aliphatic carbocycles. The first-order valence-corrected chi connectivity index (χ1v) is 5.81. The van der Waals surface area contributed by atoms with Crippen molar-refractivity contribution in [1.29, 1.82) is 0 Å². The van der Waals surface area contributed by atoms with Gasteiger partial charge in [0.15, 0.2) is 0 Å². The number of halogens is 2. The fraction of sp³-hybridized carbons (Fsp3) is 0.0833. The van der Waals surface area contributed by atoms with Crippen LogP contribution in [0.3, 0.4) is 0 Å². The number of aromatic nitrogens is 1. The van der Waals surface area contributed by atoms with Gasteiger partial charge in [-0.05, 0) is 53.2 Å². The lowest BCUT2D eigenvalue weighted by Crippen LogP contribution is -1.99. The summed E-state index contributed by atoms with van der Waals surface area (Å²) in [6.45, 7) is 1.82. The van der Waals surface area contributed by atoms with Gasteiger partial charge in [-0.1, -0.05) is 0 Å². The molecule has 0 aliphatic heterocycles. The average molecular weight is 296 g/mol. The number of pyridine rings is 1. The van der Waals surface area contributed by atoms with E-state index in [1.807, 2.05) is 6.92 Å². The zero-order chi connectivity index (χ0) is 12.4. The Kier molecular flexibility index (Phi) is 3.28. The number of anilines is 3. The first-order chi connectivity index (χ1) is 8.06. The summed E-state index contributed by atoms with van der Waals surface area (Å²) in [5, 5.41) is 3.03. The Hall–Kier alpha value is -1.62. The highest BCUT2D eigenvalue weighted by Gasteiger charge is 2.04. The molecule has 0 bridgehead atoms. The van der Waals surface area contributed by atoms with Crippen molar-refractivity contribution >= 4 is 33.1 Å². The van der Waals surface area contributed by atoms with Gasteiger partial charge in [-0.3, -0.25) is 0 Å². The summed E-state index contributed by atoms with van der Waals surface area (Å²) in [6.07, 6.45) is 0. The second kappa shape index (κ2) is 4.71. The molecular weight excluding hydrogens is 285 g/mol. The highest BCUT2D eigenvalue weighted by atomic mass is 79.9. The van der Waals surface area contributed by atoms with Gasteiger partial charge in [0.25, 0.3) is 0 Å². The van der Waals surface area contributed by atoms with Gasteiger partial charge in [-0.25, -0.2) is 9.37 Å². The Morgan fingerprint density at radius 1 is 1.29 bits per heavy atom. The quantitative estimate of drug-likeness (QED) is 0.890. The minimum absolute atomic E-state index is 0.303. The van der Waals surface area contributed by atoms with Crippen molar-refractivity contribution in [2.24, 2.45) is 0 Å². The van der Waals surface area contributed by atoms with Crippen LogP contribution in [-0.4, -0.2) is 4.98 Å². The van der Waals surface area contributed by atoms with Gasteiger partial charge >= 0.3 is 0 Å². The van der Waals surface area contributed by atoms with Gasteiger partial charge in [0, 0.05) is 4.47 Å².